The van der Waals surface area contributed by atoms with E-state index in [1.54, 1.807) is 43.3 Å². The number of aliphatic hydroxyl groups is 1. The Morgan fingerprint density at radius 3 is 2.59 bits per heavy atom. The summed E-state index contributed by atoms with van der Waals surface area (Å²) in [7, 11) is 2.97. The van der Waals surface area contributed by atoms with Crippen LogP contribution in [0.3, 0.4) is 0 Å². The van der Waals surface area contributed by atoms with Gasteiger partial charge in [-0.1, -0.05) is 56.0 Å². The van der Waals surface area contributed by atoms with Crippen molar-refractivity contribution in [3.05, 3.63) is 88.3 Å². The molecule has 0 aliphatic carbocycles. The summed E-state index contributed by atoms with van der Waals surface area (Å²) < 4.78 is 28.1. The van der Waals surface area contributed by atoms with Gasteiger partial charge in [0.1, 0.15) is 11.5 Å². The van der Waals surface area contributed by atoms with Gasteiger partial charge in [-0.2, -0.15) is 0 Å². The van der Waals surface area contributed by atoms with Gasteiger partial charge in [-0.15, -0.1) is 0 Å². The van der Waals surface area contributed by atoms with Crippen molar-refractivity contribution in [1.82, 2.24) is 4.98 Å². The van der Waals surface area contributed by atoms with Gasteiger partial charge >= 0.3 is 5.97 Å². The lowest BCUT2D eigenvalue weighted by atomic mass is 9.95. The zero-order valence-electron chi connectivity index (χ0n) is 26.1. The van der Waals surface area contributed by atoms with Crippen LogP contribution in [0.15, 0.2) is 70.9 Å². The van der Waals surface area contributed by atoms with E-state index in [1.165, 1.54) is 31.3 Å². The quantitative estimate of drug-likeness (QED) is 0.0941. The van der Waals surface area contributed by atoms with Crippen LogP contribution in [0.2, 0.25) is 0 Å². The SMILES string of the molecule is C=CCOC(=O)c1sc(N2C(=O)C(O)=C(C(=O)c3cc4cccc(OC)c4o3)C2c2ccc(OCCC(C)C)c(OC)c2)nc1C. The molecule has 3 heterocycles. The number of ketones is 1. The molecule has 4 aromatic rings. The third kappa shape index (κ3) is 6.08. The van der Waals surface area contributed by atoms with E-state index in [2.05, 4.69) is 25.4 Å². The van der Waals surface area contributed by atoms with Crippen LogP contribution < -0.4 is 19.1 Å². The Hall–Kier alpha value is -5.10. The van der Waals surface area contributed by atoms with E-state index in [9.17, 15) is 19.5 Å². The fraction of sp³-hybridized carbons (Fsp3) is 0.294. The van der Waals surface area contributed by atoms with Crippen LogP contribution >= 0.6 is 11.3 Å². The molecule has 11 nitrogen and oxygen atoms in total. The predicted molar refractivity (Wildman–Crippen MR) is 172 cm³/mol. The first kappa shape index (κ1) is 32.3. The first-order valence-electron chi connectivity index (χ1n) is 14.5. The van der Waals surface area contributed by atoms with Crippen molar-refractivity contribution in [1.29, 1.82) is 0 Å². The van der Waals surface area contributed by atoms with Crippen molar-refractivity contribution in [3.63, 3.8) is 0 Å². The Labute approximate surface area is 269 Å². The number of rotatable bonds is 13. The molecule has 46 heavy (non-hydrogen) atoms. The van der Waals surface area contributed by atoms with E-state index in [0.717, 1.165) is 17.8 Å². The zero-order valence-corrected chi connectivity index (χ0v) is 26.9. The monoisotopic (exact) mass is 646 g/mol. The zero-order chi connectivity index (χ0) is 33.1. The Bertz CT molecular complexity index is 1850. The molecule has 0 fully saturated rings. The van der Waals surface area contributed by atoms with E-state index in [4.69, 9.17) is 23.4 Å². The number of carbonyl (C=O) groups is 3. The highest BCUT2D eigenvalue weighted by molar-refractivity contribution is 7.17. The maximum Gasteiger partial charge on any atom is 0.350 e. The lowest BCUT2D eigenvalue weighted by Crippen LogP contribution is -2.31. The Balaban J connectivity index is 1.62. The second-order valence-corrected chi connectivity index (χ2v) is 11.9. The van der Waals surface area contributed by atoms with Gasteiger partial charge in [0.2, 0.25) is 5.78 Å². The Kier molecular flexibility index (Phi) is 9.47. The van der Waals surface area contributed by atoms with Gasteiger partial charge in [-0.25, -0.2) is 9.78 Å². The Morgan fingerprint density at radius 2 is 1.89 bits per heavy atom. The number of carbonyl (C=O) groups excluding carboxylic acids is 3. The fourth-order valence-electron chi connectivity index (χ4n) is 5.04. The molecule has 12 heteroatoms. The molecular weight excluding hydrogens is 612 g/mol. The van der Waals surface area contributed by atoms with Gasteiger partial charge in [-0.3, -0.25) is 14.5 Å². The van der Waals surface area contributed by atoms with Crippen LogP contribution in [-0.4, -0.2) is 55.2 Å². The molecule has 0 saturated carbocycles. The summed E-state index contributed by atoms with van der Waals surface area (Å²) in [4.78, 5) is 46.5. The minimum atomic E-state index is -1.17. The summed E-state index contributed by atoms with van der Waals surface area (Å²) in [5.41, 5.74) is 0.845. The molecular formula is C34H34N2O9S. The maximum absolute atomic E-state index is 14.2. The summed E-state index contributed by atoms with van der Waals surface area (Å²) in [6.45, 7) is 9.80. The molecule has 1 atom stereocenters. The van der Waals surface area contributed by atoms with Crippen LogP contribution in [0, 0.1) is 12.8 Å². The highest BCUT2D eigenvalue weighted by Gasteiger charge is 2.47. The molecule has 0 radical (unpaired) electrons. The average molecular weight is 647 g/mol. The number of fused-ring (bicyclic) bond motifs is 1. The smallest absolute Gasteiger partial charge is 0.350 e. The van der Waals surface area contributed by atoms with E-state index in [1.807, 2.05) is 0 Å². The number of esters is 1. The number of ether oxygens (including phenoxy) is 4. The highest BCUT2D eigenvalue weighted by atomic mass is 32.1. The number of amides is 1. The molecule has 0 bridgehead atoms. The number of aliphatic hydroxyl groups excluding tert-OH is 1. The van der Waals surface area contributed by atoms with E-state index in [0.29, 0.717) is 52.0 Å². The standard InChI is InChI=1S/C34H34N2O9S/c1-7-14-44-33(40)31-19(4)35-34(46-31)36-27(20-11-12-22(24(16-20)42-6)43-15-13-18(2)3)26(29(38)32(36)39)28(37)25-17-21-9-8-10-23(41-5)30(21)45-25/h7-12,16-18,27,38H,1,13-15H2,2-6H3. The van der Waals surface area contributed by atoms with Crippen molar-refractivity contribution in [2.75, 3.05) is 32.3 Å². The van der Waals surface area contributed by atoms with Crippen LogP contribution in [0.5, 0.6) is 17.2 Å². The number of benzene rings is 2. The average Bonchev–Trinajstić information content (AvgIpc) is 3.73. The molecule has 1 unspecified atom stereocenters. The molecule has 1 aliphatic heterocycles. The topological polar surface area (TPSA) is 138 Å². The highest BCUT2D eigenvalue weighted by Crippen LogP contribution is 2.46. The molecule has 0 saturated heterocycles. The lowest BCUT2D eigenvalue weighted by molar-refractivity contribution is -0.117. The van der Waals surface area contributed by atoms with Crippen LogP contribution in [0.4, 0.5) is 5.13 Å². The first-order chi connectivity index (χ1) is 22.1. The minimum Gasteiger partial charge on any atom is -0.503 e. The van der Waals surface area contributed by atoms with Gasteiger partial charge in [0, 0.05) is 5.39 Å². The largest absolute Gasteiger partial charge is 0.503 e. The summed E-state index contributed by atoms with van der Waals surface area (Å²) in [5, 5.41) is 12.0. The fourth-order valence-corrected chi connectivity index (χ4v) is 6.03. The molecule has 0 spiro atoms. The van der Waals surface area contributed by atoms with Crippen molar-refractivity contribution in [3.8, 4) is 17.2 Å². The number of hydrogen-bond acceptors (Lipinski definition) is 11. The van der Waals surface area contributed by atoms with Crippen molar-refractivity contribution in [2.45, 2.75) is 33.2 Å². The predicted octanol–water partition coefficient (Wildman–Crippen LogP) is 6.77. The molecule has 2 aromatic heterocycles. The molecule has 5 rings (SSSR count). The van der Waals surface area contributed by atoms with Gasteiger partial charge in [0.05, 0.1) is 38.1 Å². The third-order valence-electron chi connectivity index (χ3n) is 7.37. The van der Waals surface area contributed by atoms with E-state index in [-0.39, 0.29) is 27.9 Å². The molecule has 1 N–H and O–H groups in total. The third-order valence-corrected chi connectivity index (χ3v) is 8.51. The second kappa shape index (κ2) is 13.5. The van der Waals surface area contributed by atoms with Gasteiger partial charge in [0.15, 0.2) is 39.5 Å². The van der Waals surface area contributed by atoms with E-state index < -0.39 is 29.5 Å². The minimum absolute atomic E-state index is 0.00849. The molecule has 240 valence electrons. The number of aryl methyl sites for hydroxylation is 1. The first-order valence-corrected chi connectivity index (χ1v) is 15.3. The van der Waals surface area contributed by atoms with Crippen molar-refractivity contribution in [2.24, 2.45) is 5.92 Å². The lowest BCUT2D eigenvalue weighted by Gasteiger charge is -2.25. The number of hydrogen-bond donors (Lipinski definition) is 1. The summed E-state index contributed by atoms with van der Waals surface area (Å²) in [5.74, 6) is -1.42. The van der Waals surface area contributed by atoms with Crippen LogP contribution in [0.1, 0.15) is 57.8 Å². The summed E-state index contributed by atoms with van der Waals surface area (Å²) in [6.07, 6.45) is 2.26. The number of thiazole rings is 1. The van der Waals surface area contributed by atoms with E-state index >= 15 is 0 Å². The maximum atomic E-state index is 14.2. The second-order valence-electron chi connectivity index (χ2n) is 10.9. The number of para-hydroxylation sites is 1. The van der Waals surface area contributed by atoms with Crippen LogP contribution in [0.25, 0.3) is 11.0 Å². The summed E-state index contributed by atoms with van der Waals surface area (Å²) in [6, 6.07) is 10.6. The number of anilines is 1. The number of furan rings is 1. The van der Waals surface area contributed by atoms with Crippen molar-refractivity contribution >= 4 is 45.1 Å². The van der Waals surface area contributed by atoms with Gasteiger partial charge in [-0.05, 0) is 49.1 Å². The Morgan fingerprint density at radius 1 is 1.13 bits per heavy atom. The number of methoxy groups -OCH3 is 2. The molecule has 2 aromatic carbocycles. The molecule has 1 amide bonds. The molecule has 1 aliphatic rings. The van der Waals surface area contributed by atoms with Gasteiger partial charge in [0.25, 0.3) is 5.91 Å². The van der Waals surface area contributed by atoms with Crippen molar-refractivity contribution < 1.29 is 42.9 Å². The number of aromatic nitrogens is 1. The number of Topliss-reactive ketones (excluding diaryl/α,β-unsaturated/α-hetero) is 1. The van der Waals surface area contributed by atoms with Crippen LogP contribution in [-0.2, 0) is 9.53 Å². The number of nitrogens with zero attached hydrogens (tertiary/aromatic N) is 2. The van der Waals surface area contributed by atoms with Gasteiger partial charge < -0.3 is 28.5 Å². The normalized spacial score (nSPS) is 14.7. The summed E-state index contributed by atoms with van der Waals surface area (Å²) >= 11 is 0.905.